The number of benzene rings is 1. The second-order valence-electron chi connectivity index (χ2n) is 6.86. The molecule has 1 aliphatic rings. The van der Waals surface area contributed by atoms with Gasteiger partial charge >= 0.3 is 0 Å². The third kappa shape index (κ3) is 4.54. The molecule has 1 fully saturated rings. The van der Waals surface area contributed by atoms with Crippen LogP contribution >= 0.6 is 0 Å². The molecule has 0 saturated carbocycles. The maximum atomic E-state index is 12.0. The number of pyridine rings is 1. The third-order valence-corrected chi connectivity index (χ3v) is 5.10. The van der Waals surface area contributed by atoms with Gasteiger partial charge in [0.1, 0.15) is 11.6 Å². The largest absolute Gasteiger partial charge is 0.495 e. The summed E-state index contributed by atoms with van der Waals surface area (Å²) in [5.74, 6) is 1.69. The molecule has 1 aromatic heterocycles. The molecule has 1 saturated heterocycles. The molecular formula is C21H29N5O2. The Balaban J connectivity index is 1.65. The summed E-state index contributed by atoms with van der Waals surface area (Å²) in [5.41, 5.74) is 7.92. The third-order valence-electron chi connectivity index (χ3n) is 5.10. The minimum absolute atomic E-state index is 0.127. The zero-order valence-electron chi connectivity index (χ0n) is 16.6. The molecule has 0 spiro atoms. The predicted octanol–water partition coefficient (Wildman–Crippen LogP) is 1.77. The topological polar surface area (TPSA) is 83.7 Å². The summed E-state index contributed by atoms with van der Waals surface area (Å²) < 4.78 is 5.49. The number of aromatic nitrogens is 1. The van der Waals surface area contributed by atoms with E-state index in [2.05, 4.69) is 26.2 Å². The molecule has 28 heavy (non-hydrogen) atoms. The number of amides is 1. The highest BCUT2D eigenvalue weighted by molar-refractivity contribution is 5.81. The van der Waals surface area contributed by atoms with Crippen molar-refractivity contribution in [3.05, 3.63) is 48.2 Å². The molecule has 2 aromatic rings. The second-order valence-corrected chi connectivity index (χ2v) is 6.86. The Labute approximate surface area is 166 Å². The first kappa shape index (κ1) is 19.9. The van der Waals surface area contributed by atoms with Crippen LogP contribution < -0.4 is 25.6 Å². The van der Waals surface area contributed by atoms with E-state index in [1.807, 2.05) is 37.3 Å². The van der Waals surface area contributed by atoms with E-state index in [0.29, 0.717) is 13.0 Å². The number of hydrogen-bond donors (Lipinski definition) is 2. The normalized spacial score (nSPS) is 15.2. The van der Waals surface area contributed by atoms with Gasteiger partial charge in [0.2, 0.25) is 5.91 Å². The monoisotopic (exact) mass is 383 g/mol. The zero-order chi connectivity index (χ0) is 19.9. The summed E-state index contributed by atoms with van der Waals surface area (Å²) in [6.45, 7) is 5.80. The summed E-state index contributed by atoms with van der Waals surface area (Å²) >= 11 is 0. The quantitative estimate of drug-likeness (QED) is 0.758. The average Bonchev–Trinajstić information content (AvgIpc) is 2.77. The molecule has 0 bridgehead atoms. The Bertz CT molecular complexity index is 790. The lowest BCUT2D eigenvalue weighted by Crippen LogP contribution is -2.47. The first-order chi connectivity index (χ1) is 13.6. The molecule has 1 aliphatic heterocycles. The van der Waals surface area contributed by atoms with Gasteiger partial charge in [-0.05, 0) is 24.6 Å². The van der Waals surface area contributed by atoms with Gasteiger partial charge in [-0.3, -0.25) is 4.79 Å². The number of ether oxygens (including phenoxy) is 1. The Morgan fingerprint density at radius 2 is 1.89 bits per heavy atom. The number of methoxy groups -OCH3 is 1. The Morgan fingerprint density at radius 1 is 1.18 bits per heavy atom. The number of piperazine rings is 1. The van der Waals surface area contributed by atoms with Crippen molar-refractivity contribution in [3.8, 4) is 5.75 Å². The number of carbonyl (C=O) groups excluding carboxylic acids is 1. The molecule has 0 radical (unpaired) electrons. The van der Waals surface area contributed by atoms with E-state index in [4.69, 9.17) is 10.5 Å². The molecule has 3 rings (SSSR count). The van der Waals surface area contributed by atoms with Crippen LogP contribution in [0.5, 0.6) is 5.75 Å². The molecule has 1 atom stereocenters. The lowest BCUT2D eigenvalue weighted by Gasteiger charge is -2.37. The zero-order valence-corrected chi connectivity index (χ0v) is 16.6. The van der Waals surface area contributed by atoms with Crippen LogP contribution in [0.4, 0.5) is 11.5 Å². The van der Waals surface area contributed by atoms with Gasteiger partial charge in [0.25, 0.3) is 0 Å². The minimum Gasteiger partial charge on any atom is -0.495 e. The summed E-state index contributed by atoms with van der Waals surface area (Å²) in [6, 6.07) is 11.5. The van der Waals surface area contributed by atoms with E-state index in [1.165, 1.54) is 0 Å². The fourth-order valence-electron chi connectivity index (χ4n) is 3.40. The Kier molecular flexibility index (Phi) is 6.71. The SMILES string of the molecule is CC[C@H](N)C(=O)NCc1cccnc1N1CCN(c2ccccc2OC)CC1. The van der Waals surface area contributed by atoms with Crippen LogP contribution in [-0.4, -0.2) is 50.2 Å². The highest BCUT2D eigenvalue weighted by atomic mass is 16.5. The maximum Gasteiger partial charge on any atom is 0.237 e. The Hall–Kier alpha value is -2.80. The van der Waals surface area contributed by atoms with Crippen molar-refractivity contribution in [3.63, 3.8) is 0 Å². The Morgan fingerprint density at radius 3 is 2.61 bits per heavy atom. The number of para-hydroxylation sites is 2. The molecule has 1 aromatic carbocycles. The van der Waals surface area contributed by atoms with Crippen molar-refractivity contribution in [1.82, 2.24) is 10.3 Å². The molecule has 150 valence electrons. The van der Waals surface area contributed by atoms with Gasteiger partial charge in [-0.15, -0.1) is 0 Å². The van der Waals surface area contributed by atoms with Crippen LogP contribution in [-0.2, 0) is 11.3 Å². The smallest absolute Gasteiger partial charge is 0.237 e. The van der Waals surface area contributed by atoms with E-state index in [0.717, 1.165) is 49.0 Å². The van der Waals surface area contributed by atoms with Crippen molar-refractivity contribution in [2.24, 2.45) is 5.73 Å². The molecule has 7 heteroatoms. The van der Waals surface area contributed by atoms with Gasteiger partial charge in [0, 0.05) is 44.5 Å². The van der Waals surface area contributed by atoms with Gasteiger partial charge in [-0.25, -0.2) is 4.98 Å². The van der Waals surface area contributed by atoms with Crippen molar-refractivity contribution in [1.29, 1.82) is 0 Å². The van der Waals surface area contributed by atoms with Crippen molar-refractivity contribution >= 4 is 17.4 Å². The van der Waals surface area contributed by atoms with E-state index in [1.54, 1.807) is 13.3 Å². The molecular weight excluding hydrogens is 354 g/mol. The first-order valence-electron chi connectivity index (χ1n) is 9.74. The standard InChI is InChI=1S/C21H29N5O2/c1-3-17(22)21(27)24-15-16-7-6-10-23-20(16)26-13-11-25(12-14-26)18-8-4-5-9-19(18)28-2/h4-10,17H,3,11-15,22H2,1-2H3,(H,24,27)/t17-/m0/s1. The number of rotatable bonds is 7. The lowest BCUT2D eigenvalue weighted by molar-refractivity contribution is -0.122. The first-order valence-corrected chi connectivity index (χ1v) is 9.74. The van der Waals surface area contributed by atoms with Gasteiger partial charge in [0.05, 0.1) is 18.8 Å². The van der Waals surface area contributed by atoms with Gasteiger partial charge in [-0.1, -0.05) is 25.1 Å². The van der Waals surface area contributed by atoms with Gasteiger partial charge in [-0.2, -0.15) is 0 Å². The highest BCUT2D eigenvalue weighted by Gasteiger charge is 2.22. The van der Waals surface area contributed by atoms with Crippen LogP contribution in [0, 0.1) is 0 Å². The number of anilines is 2. The molecule has 2 heterocycles. The predicted molar refractivity (Wildman–Crippen MR) is 112 cm³/mol. The summed E-state index contributed by atoms with van der Waals surface area (Å²) in [4.78, 5) is 21.2. The number of nitrogens with one attached hydrogen (secondary N) is 1. The van der Waals surface area contributed by atoms with E-state index >= 15 is 0 Å². The minimum atomic E-state index is -0.468. The summed E-state index contributed by atoms with van der Waals surface area (Å²) in [5, 5.41) is 2.92. The summed E-state index contributed by atoms with van der Waals surface area (Å²) in [7, 11) is 1.70. The number of nitrogens with zero attached hydrogens (tertiary/aromatic N) is 3. The van der Waals surface area contributed by atoms with Crippen LogP contribution in [0.1, 0.15) is 18.9 Å². The molecule has 0 unspecified atom stereocenters. The van der Waals surface area contributed by atoms with Crippen molar-refractivity contribution < 1.29 is 9.53 Å². The van der Waals surface area contributed by atoms with Crippen molar-refractivity contribution in [2.45, 2.75) is 25.9 Å². The van der Waals surface area contributed by atoms with Crippen molar-refractivity contribution in [2.75, 3.05) is 43.1 Å². The number of nitrogens with two attached hydrogens (primary N) is 1. The van der Waals surface area contributed by atoms with Gasteiger partial charge in [0.15, 0.2) is 0 Å². The fourth-order valence-corrected chi connectivity index (χ4v) is 3.40. The second kappa shape index (κ2) is 9.41. The van der Waals surface area contributed by atoms with Crippen LogP contribution in [0.25, 0.3) is 0 Å². The molecule has 3 N–H and O–H groups in total. The van der Waals surface area contributed by atoms with Crippen LogP contribution in [0.2, 0.25) is 0 Å². The van der Waals surface area contributed by atoms with Crippen LogP contribution in [0.3, 0.4) is 0 Å². The summed E-state index contributed by atoms with van der Waals surface area (Å²) in [6.07, 6.45) is 2.42. The lowest BCUT2D eigenvalue weighted by atomic mass is 10.2. The molecule has 7 nitrogen and oxygen atoms in total. The van der Waals surface area contributed by atoms with E-state index in [-0.39, 0.29) is 5.91 Å². The number of hydrogen-bond acceptors (Lipinski definition) is 6. The fraction of sp³-hybridized carbons (Fsp3) is 0.429. The molecule has 1 amide bonds. The van der Waals surface area contributed by atoms with Crippen LogP contribution in [0.15, 0.2) is 42.6 Å². The number of carbonyl (C=O) groups is 1. The van der Waals surface area contributed by atoms with E-state index in [9.17, 15) is 4.79 Å². The highest BCUT2D eigenvalue weighted by Crippen LogP contribution is 2.29. The maximum absolute atomic E-state index is 12.0. The van der Waals surface area contributed by atoms with E-state index < -0.39 is 6.04 Å². The molecule has 0 aliphatic carbocycles. The average molecular weight is 383 g/mol. The van der Waals surface area contributed by atoms with Gasteiger partial charge < -0.3 is 25.6 Å².